The maximum Gasteiger partial charge on any atom is 0.176 e. The third-order valence-corrected chi connectivity index (χ3v) is 3.40. The van der Waals surface area contributed by atoms with E-state index < -0.39 is 0 Å². The number of ketones is 1. The van der Waals surface area contributed by atoms with Gasteiger partial charge in [-0.3, -0.25) is 9.69 Å². The SMILES string of the molecule is COc1ccc(C(=O)CN(C)Cc2ccc(C)cc2)cc1. The predicted octanol–water partition coefficient (Wildman–Crippen LogP) is 3.32. The molecule has 0 N–H and O–H groups in total. The van der Waals surface area contributed by atoms with Crippen molar-refractivity contribution in [2.75, 3.05) is 20.7 Å². The molecule has 0 fully saturated rings. The van der Waals surface area contributed by atoms with Crippen molar-refractivity contribution in [1.82, 2.24) is 4.90 Å². The smallest absolute Gasteiger partial charge is 0.176 e. The number of nitrogens with zero attached hydrogens (tertiary/aromatic N) is 1. The third-order valence-electron chi connectivity index (χ3n) is 3.40. The van der Waals surface area contributed by atoms with Gasteiger partial charge in [0.25, 0.3) is 0 Å². The topological polar surface area (TPSA) is 29.5 Å². The number of Topliss-reactive ketones (excluding diaryl/α,β-unsaturated/α-hetero) is 1. The number of likely N-dealkylation sites (N-methyl/N-ethyl adjacent to an activating group) is 1. The van der Waals surface area contributed by atoms with Crippen LogP contribution in [0.5, 0.6) is 5.75 Å². The number of ether oxygens (including phenoxy) is 1. The summed E-state index contributed by atoms with van der Waals surface area (Å²) in [6.07, 6.45) is 0. The van der Waals surface area contributed by atoms with Crippen LogP contribution in [-0.4, -0.2) is 31.4 Å². The molecule has 3 heteroatoms. The second-order valence-corrected chi connectivity index (χ2v) is 5.31. The Morgan fingerprint density at radius 1 is 1.05 bits per heavy atom. The minimum atomic E-state index is 0.118. The molecule has 110 valence electrons. The van der Waals surface area contributed by atoms with Crippen LogP contribution in [-0.2, 0) is 6.54 Å². The molecule has 2 aromatic rings. The molecule has 0 radical (unpaired) electrons. The Morgan fingerprint density at radius 3 is 2.24 bits per heavy atom. The highest BCUT2D eigenvalue weighted by atomic mass is 16.5. The summed E-state index contributed by atoms with van der Waals surface area (Å²) < 4.78 is 5.10. The second kappa shape index (κ2) is 7.04. The quantitative estimate of drug-likeness (QED) is 0.762. The number of aryl methyl sites for hydroxylation is 1. The summed E-state index contributed by atoms with van der Waals surface area (Å²) >= 11 is 0. The number of carbonyl (C=O) groups is 1. The van der Waals surface area contributed by atoms with Gasteiger partial charge in [0, 0.05) is 12.1 Å². The molecule has 21 heavy (non-hydrogen) atoms. The Hall–Kier alpha value is -2.13. The first kappa shape index (κ1) is 15.3. The van der Waals surface area contributed by atoms with Gasteiger partial charge in [-0.2, -0.15) is 0 Å². The van der Waals surface area contributed by atoms with E-state index in [1.807, 2.05) is 24.1 Å². The van der Waals surface area contributed by atoms with Crippen molar-refractivity contribution < 1.29 is 9.53 Å². The van der Waals surface area contributed by atoms with Crippen LogP contribution in [0.25, 0.3) is 0 Å². The largest absolute Gasteiger partial charge is 0.497 e. The Bertz CT molecular complexity index is 588. The van der Waals surface area contributed by atoms with E-state index in [1.54, 1.807) is 19.2 Å². The van der Waals surface area contributed by atoms with Crippen molar-refractivity contribution in [1.29, 1.82) is 0 Å². The van der Waals surface area contributed by atoms with Gasteiger partial charge in [-0.15, -0.1) is 0 Å². The lowest BCUT2D eigenvalue weighted by atomic mass is 10.1. The van der Waals surface area contributed by atoms with Crippen molar-refractivity contribution in [3.8, 4) is 5.75 Å². The lowest BCUT2D eigenvalue weighted by Gasteiger charge is -2.16. The molecule has 0 aliphatic rings. The number of hydrogen-bond donors (Lipinski definition) is 0. The molecule has 0 aliphatic carbocycles. The number of benzene rings is 2. The van der Waals surface area contributed by atoms with Gasteiger partial charge in [0.05, 0.1) is 13.7 Å². The van der Waals surface area contributed by atoms with Gasteiger partial charge in [0.2, 0.25) is 0 Å². The Labute approximate surface area is 126 Å². The lowest BCUT2D eigenvalue weighted by molar-refractivity contribution is 0.0943. The lowest BCUT2D eigenvalue weighted by Crippen LogP contribution is -2.25. The summed E-state index contributed by atoms with van der Waals surface area (Å²) in [5, 5.41) is 0. The predicted molar refractivity (Wildman–Crippen MR) is 84.8 cm³/mol. The van der Waals surface area contributed by atoms with Gasteiger partial charge >= 0.3 is 0 Å². The summed E-state index contributed by atoms with van der Waals surface area (Å²) in [5.74, 6) is 0.881. The van der Waals surface area contributed by atoms with Crippen LogP contribution < -0.4 is 4.74 Å². The molecule has 2 rings (SSSR count). The standard InChI is InChI=1S/C18H21NO2/c1-14-4-6-15(7-5-14)12-19(2)13-18(20)16-8-10-17(21-3)11-9-16/h4-11H,12-13H2,1-3H3. The Kier molecular flexibility index (Phi) is 5.12. The van der Waals surface area contributed by atoms with E-state index in [-0.39, 0.29) is 5.78 Å². The van der Waals surface area contributed by atoms with E-state index in [0.29, 0.717) is 12.1 Å². The van der Waals surface area contributed by atoms with Crippen molar-refractivity contribution in [3.05, 3.63) is 65.2 Å². The van der Waals surface area contributed by atoms with Crippen LogP contribution in [0, 0.1) is 6.92 Å². The zero-order chi connectivity index (χ0) is 15.2. The molecule has 0 saturated heterocycles. The first-order chi connectivity index (χ1) is 10.1. The molecule has 0 saturated carbocycles. The van der Waals surface area contributed by atoms with Gasteiger partial charge < -0.3 is 4.74 Å². The average Bonchev–Trinajstić information content (AvgIpc) is 2.49. The molecule has 0 aromatic heterocycles. The first-order valence-electron chi connectivity index (χ1n) is 7.00. The molecular formula is C18H21NO2. The molecule has 0 spiro atoms. The molecule has 0 aliphatic heterocycles. The van der Waals surface area contributed by atoms with Crippen LogP contribution in [0.4, 0.5) is 0 Å². The fourth-order valence-electron chi connectivity index (χ4n) is 2.17. The van der Waals surface area contributed by atoms with Gasteiger partial charge in [-0.05, 0) is 43.8 Å². The fourth-order valence-corrected chi connectivity index (χ4v) is 2.17. The number of hydrogen-bond acceptors (Lipinski definition) is 3. The van der Waals surface area contributed by atoms with Crippen LogP contribution in [0.15, 0.2) is 48.5 Å². The highest BCUT2D eigenvalue weighted by Crippen LogP contribution is 2.12. The number of rotatable bonds is 6. The summed E-state index contributed by atoms with van der Waals surface area (Å²) in [6.45, 7) is 3.24. The van der Waals surface area contributed by atoms with Crippen molar-refractivity contribution in [2.45, 2.75) is 13.5 Å². The van der Waals surface area contributed by atoms with Crippen molar-refractivity contribution in [3.63, 3.8) is 0 Å². The van der Waals surface area contributed by atoms with Gasteiger partial charge in [0.15, 0.2) is 5.78 Å². The van der Waals surface area contributed by atoms with Crippen LogP contribution in [0.2, 0.25) is 0 Å². The molecule has 3 nitrogen and oxygen atoms in total. The second-order valence-electron chi connectivity index (χ2n) is 5.31. The fraction of sp³-hybridized carbons (Fsp3) is 0.278. The van der Waals surface area contributed by atoms with Gasteiger partial charge in [-0.25, -0.2) is 0 Å². The van der Waals surface area contributed by atoms with E-state index in [9.17, 15) is 4.79 Å². The van der Waals surface area contributed by atoms with E-state index in [4.69, 9.17) is 4.74 Å². The molecular weight excluding hydrogens is 262 g/mol. The van der Waals surface area contributed by atoms with Crippen molar-refractivity contribution in [2.24, 2.45) is 0 Å². The third kappa shape index (κ3) is 4.43. The summed E-state index contributed by atoms with van der Waals surface area (Å²) in [6, 6.07) is 15.6. The molecule has 0 atom stereocenters. The zero-order valence-corrected chi connectivity index (χ0v) is 12.8. The van der Waals surface area contributed by atoms with Gasteiger partial charge in [0.1, 0.15) is 5.75 Å². The number of methoxy groups -OCH3 is 1. The Balaban J connectivity index is 1.93. The van der Waals surface area contributed by atoms with E-state index in [2.05, 4.69) is 31.2 Å². The molecule has 2 aromatic carbocycles. The minimum absolute atomic E-state index is 0.118. The van der Waals surface area contributed by atoms with Crippen LogP contribution >= 0.6 is 0 Å². The molecule has 0 unspecified atom stereocenters. The molecule has 0 amide bonds. The Morgan fingerprint density at radius 2 is 1.67 bits per heavy atom. The van der Waals surface area contributed by atoms with E-state index in [0.717, 1.165) is 12.3 Å². The molecule has 0 heterocycles. The maximum atomic E-state index is 12.2. The van der Waals surface area contributed by atoms with Gasteiger partial charge in [-0.1, -0.05) is 29.8 Å². The average molecular weight is 283 g/mol. The summed E-state index contributed by atoms with van der Waals surface area (Å²) in [7, 11) is 3.58. The maximum absolute atomic E-state index is 12.2. The highest BCUT2D eigenvalue weighted by molar-refractivity contribution is 5.97. The van der Waals surface area contributed by atoms with E-state index in [1.165, 1.54) is 11.1 Å². The van der Waals surface area contributed by atoms with Crippen LogP contribution in [0.1, 0.15) is 21.5 Å². The highest BCUT2D eigenvalue weighted by Gasteiger charge is 2.10. The minimum Gasteiger partial charge on any atom is -0.497 e. The van der Waals surface area contributed by atoms with Crippen LogP contribution in [0.3, 0.4) is 0 Å². The first-order valence-corrected chi connectivity index (χ1v) is 7.00. The van der Waals surface area contributed by atoms with E-state index >= 15 is 0 Å². The van der Waals surface area contributed by atoms with Crippen molar-refractivity contribution >= 4 is 5.78 Å². The zero-order valence-electron chi connectivity index (χ0n) is 12.8. The molecule has 0 bridgehead atoms. The monoisotopic (exact) mass is 283 g/mol. The normalized spacial score (nSPS) is 10.7. The number of carbonyl (C=O) groups excluding carboxylic acids is 1. The summed E-state index contributed by atoms with van der Waals surface area (Å²) in [4.78, 5) is 14.2. The summed E-state index contributed by atoms with van der Waals surface area (Å²) in [5.41, 5.74) is 3.17.